The lowest BCUT2D eigenvalue weighted by atomic mass is 10.1. The summed E-state index contributed by atoms with van der Waals surface area (Å²) in [7, 11) is 1.75. The molecule has 0 saturated carbocycles. The molecule has 15 heavy (non-hydrogen) atoms. The highest BCUT2D eigenvalue weighted by atomic mass is 16.6. The average Bonchev–Trinajstić information content (AvgIpc) is 2.10. The number of hydrogen-bond donors (Lipinski definition) is 0. The summed E-state index contributed by atoms with van der Waals surface area (Å²) in [6.45, 7) is 12.1. The first-order valence-electron chi connectivity index (χ1n) is 5.36. The molecule has 0 saturated heterocycles. The third-order valence-electron chi connectivity index (χ3n) is 2.07. The number of carbonyl (C=O) groups is 1. The van der Waals surface area contributed by atoms with E-state index in [0.29, 0.717) is 12.5 Å². The molecule has 0 radical (unpaired) electrons. The van der Waals surface area contributed by atoms with Crippen LogP contribution in [0.15, 0.2) is 12.7 Å². The van der Waals surface area contributed by atoms with Crippen molar-refractivity contribution < 1.29 is 9.53 Å². The standard InChI is InChI=1S/C12H23NO2/c1-7-10(8-2)9-13(6)11(14)15-12(3,4)5/h7,10H,1,8-9H2,2-6H3. The predicted octanol–water partition coefficient (Wildman–Crippen LogP) is 3.07. The Hall–Kier alpha value is -0.990. The second kappa shape index (κ2) is 5.79. The number of rotatable bonds is 4. The van der Waals surface area contributed by atoms with Gasteiger partial charge in [-0.05, 0) is 33.1 Å². The Morgan fingerprint density at radius 2 is 2.07 bits per heavy atom. The average molecular weight is 213 g/mol. The lowest BCUT2D eigenvalue weighted by Crippen LogP contribution is -2.36. The fourth-order valence-electron chi connectivity index (χ4n) is 1.14. The summed E-state index contributed by atoms with van der Waals surface area (Å²) in [5.41, 5.74) is -0.429. The van der Waals surface area contributed by atoms with Gasteiger partial charge in [0.05, 0.1) is 0 Å². The quantitative estimate of drug-likeness (QED) is 0.672. The molecule has 0 fully saturated rings. The van der Waals surface area contributed by atoms with Crippen LogP contribution in [0.25, 0.3) is 0 Å². The summed E-state index contributed by atoms with van der Waals surface area (Å²) in [5, 5.41) is 0. The summed E-state index contributed by atoms with van der Waals surface area (Å²) >= 11 is 0. The molecule has 0 spiro atoms. The minimum atomic E-state index is -0.429. The van der Waals surface area contributed by atoms with Crippen LogP contribution in [0.5, 0.6) is 0 Å². The Morgan fingerprint density at radius 1 is 1.53 bits per heavy atom. The fraction of sp³-hybridized carbons (Fsp3) is 0.750. The third-order valence-corrected chi connectivity index (χ3v) is 2.07. The van der Waals surface area contributed by atoms with Gasteiger partial charge in [0.2, 0.25) is 0 Å². The van der Waals surface area contributed by atoms with Crippen molar-refractivity contribution in [2.45, 2.75) is 39.7 Å². The molecule has 0 aromatic rings. The van der Waals surface area contributed by atoms with Crippen molar-refractivity contribution >= 4 is 6.09 Å². The van der Waals surface area contributed by atoms with Crippen LogP contribution in [0.1, 0.15) is 34.1 Å². The molecule has 0 aliphatic carbocycles. The summed E-state index contributed by atoms with van der Waals surface area (Å²) in [4.78, 5) is 13.2. The molecule has 88 valence electrons. The molecule has 1 amide bonds. The third kappa shape index (κ3) is 6.15. The van der Waals surface area contributed by atoms with E-state index in [9.17, 15) is 4.79 Å². The van der Waals surface area contributed by atoms with E-state index in [2.05, 4.69) is 13.5 Å². The van der Waals surface area contributed by atoms with Crippen molar-refractivity contribution in [3.63, 3.8) is 0 Å². The lowest BCUT2D eigenvalue weighted by Gasteiger charge is -2.26. The first kappa shape index (κ1) is 14.0. The van der Waals surface area contributed by atoms with Gasteiger partial charge in [0.25, 0.3) is 0 Å². The molecule has 0 aromatic heterocycles. The number of carbonyl (C=O) groups excluding carboxylic acids is 1. The van der Waals surface area contributed by atoms with Crippen LogP contribution < -0.4 is 0 Å². The fourth-order valence-corrected chi connectivity index (χ4v) is 1.14. The van der Waals surface area contributed by atoms with Gasteiger partial charge < -0.3 is 9.64 Å². The maximum Gasteiger partial charge on any atom is 0.410 e. The molecule has 0 aliphatic rings. The summed E-state index contributed by atoms with van der Waals surface area (Å²) in [5.74, 6) is 0.336. The molecule has 0 heterocycles. The smallest absolute Gasteiger partial charge is 0.410 e. The Morgan fingerprint density at radius 3 is 2.40 bits per heavy atom. The highest BCUT2D eigenvalue weighted by molar-refractivity contribution is 5.67. The number of hydrogen-bond acceptors (Lipinski definition) is 2. The first-order valence-corrected chi connectivity index (χ1v) is 5.36. The zero-order valence-electron chi connectivity index (χ0n) is 10.5. The monoisotopic (exact) mass is 213 g/mol. The van der Waals surface area contributed by atoms with E-state index in [1.54, 1.807) is 11.9 Å². The molecule has 3 nitrogen and oxygen atoms in total. The first-order chi connectivity index (χ1) is 6.80. The zero-order valence-corrected chi connectivity index (χ0v) is 10.5. The van der Waals surface area contributed by atoms with Crippen molar-refractivity contribution in [3.05, 3.63) is 12.7 Å². The highest BCUT2D eigenvalue weighted by Crippen LogP contribution is 2.11. The Labute approximate surface area is 93.1 Å². The van der Waals surface area contributed by atoms with Crippen molar-refractivity contribution in [1.82, 2.24) is 4.90 Å². The van der Waals surface area contributed by atoms with Crippen LogP contribution in [-0.2, 0) is 4.74 Å². The van der Waals surface area contributed by atoms with E-state index < -0.39 is 5.60 Å². The van der Waals surface area contributed by atoms with Crippen LogP contribution in [0.3, 0.4) is 0 Å². The van der Waals surface area contributed by atoms with Gasteiger partial charge in [-0.3, -0.25) is 0 Å². The van der Waals surface area contributed by atoms with Gasteiger partial charge in [-0.15, -0.1) is 6.58 Å². The zero-order chi connectivity index (χ0) is 12.1. The maximum absolute atomic E-state index is 11.6. The van der Waals surface area contributed by atoms with Crippen molar-refractivity contribution in [3.8, 4) is 0 Å². The molecule has 1 atom stereocenters. The van der Waals surface area contributed by atoms with Crippen LogP contribution in [0.2, 0.25) is 0 Å². The van der Waals surface area contributed by atoms with Crippen molar-refractivity contribution in [1.29, 1.82) is 0 Å². The summed E-state index contributed by atoms with van der Waals surface area (Å²) < 4.78 is 5.24. The molecular formula is C12H23NO2. The molecule has 0 aliphatic heterocycles. The van der Waals surface area contributed by atoms with E-state index in [0.717, 1.165) is 6.42 Å². The molecule has 1 unspecified atom stereocenters. The Balaban J connectivity index is 4.15. The Bertz CT molecular complexity index is 218. The molecule has 0 bridgehead atoms. The van der Waals surface area contributed by atoms with E-state index in [-0.39, 0.29) is 6.09 Å². The lowest BCUT2D eigenvalue weighted by molar-refractivity contribution is 0.0282. The van der Waals surface area contributed by atoms with Crippen molar-refractivity contribution in [2.24, 2.45) is 5.92 Å². The van der Waals surface area contributed by atoms with Crippen LogP contribution in [0, 0.1) is 5.92 Å². The molecule has 3 heteroatoms. The molecule has 0 N–H and O–H groups in total. The second-order valence-electron chi connectivity index (χ2n) is 4.76. The van der Waals surface area contributed by atoms with Gasteiger partial charge in [-0.1, -0.05) is 13.0 Å². The van der Waals surface area contributed by atoms with Gasteiger partial charge in [0.15, 0.2) is 0 Å². The van der Waals surface area contributed by atoms with Crippen LogP contribution in [0.4, 0.5) is 4.79 Å². The van der Waals surface area contributed by atoms with Crippen LogP contribution in [-0.4, -0.2) is 30.2 Å². The second-order valence-corrected chi connectivity index (χ2v) is 4.76. The van der Waals surface area contributed by atoms with E-state index in [4.69, 9.17) is 4.74 Å². The van der Waals surface area contributed by atoms with E-state index >= 15 is 0 Å². The molecular weight excluding hydrogens is 190 g/mol. The van der Waals surface area contributed by atoms with E-state index in [1.807, 2.05) is 26.8 Å². The normalized spacial score (nSPS) is 13.1. The van der Waals surface area contributed by atoms with Gasteiger partial charge in [0, 0.05) is 13.6 Å². The molecule has 0 rings (SSSR count). The molecule has 0 aromatic carbocycles. The minimum absolute atomic E-state index is 0.275. The number of amides is 1. The minimum Gasteiger partial charge on any atom is -0.444 e. The van der Waals surface area contributed by atoms with Gasteiger partial charge in [-0.2, -0.15) is 0 Å². The maximum atomic E-state index is 11.6. The van der Waals surface area contributed by atoms with Gasteiger partial charge >= 0.3 is 6.09 Å². The van der Waals surface area contributed by atoms with Gasteiger partial charge in [0.1, 0.15) is 5.60 Å². The Kier molecular flexibility index (Phi) is 5.40. The van der Waals surface area contributed by atoms with E-state index in [1.165, 1.54) is 0 Å². The SMILES string of the molecule is C=CC(CC)CN(C)C(=O)OC(C)(C)C. The van der Waals surface area contributed by atoms with Crippen molar-refractivity contribution in [2.75, 3.05) is 13.6 Å². The summed E-state index contributed by atoms with van der Waals surface area (Å²) in [6.07, 6.45) is 2.58. The number of nitrogens with zero attached hydrogens (tertiary/aromatic N) is 1. The summed E-state index contributed by atoms with van der Waals surface area (Å²) in [6, 6.07) is 0. The topological polar surface area (TPSA) is 29.5 Å². The number of ether oxygens (including phenoxy) is 1. The largest absolute Gasteiger partial charge is 0.444 e. The van der Waals surface area contributed by atoms with Crippen LogP contribution >= 0.6 is 0 Å². The van der Waals surface area contributed by atoms with Gasteiger partial charge in [-0.25, -0.2) is 4.79 Å². The predicted molar refractivity (Wildman–Crippen MR) is 62.8 cm³/mol. The highest BCUT2D eigenvalue weighted by Gasteiger charge is 2.20.